The zero-order chi connectivity index (χ0) is 35.1. The maximum absolute atomic E-state index is 12.8. The van der Waals surface area contributed by atoms with Gasteiger partial charge in [0.15, 0.2) is 0 Å². The molecule has 0 saturated carbocycles. The van der Waals surface area contributed by atoms with Gasteiger partial charge in [0.2, 0.25) is 17.7 Å². The lowest BCUT2D eigenvalue weighted by Gasteiger charge is -2.29. The van der Waals surface area contributed by atoms with Crippen LogP contribution in [0.25, 0.3) is 0 Å². The van der Waals surface area contributed by atoms with Gasteiger partial charge >= 0.3 is 6.03 Å². The first-order valence-electron chi connectivity index (χ1n) is 15.0. The van der Waals surface area contributed by atoms with Crippen LogP contribution in [0.4, 0.5) is 10.5 Å². The number of nitrogens with two attached hydrogens (primary N) is 1. The molecule has 2 aliphatic rings. The Morgan fingerprint density at radius 3 is 1.91 bits per heavy atom. The Balaban J connectivity index is 0.000000984. The van der Waals surface area contributed by atoms with Gasteiger partial charge in [-0.3, -0.25) is 43.4 Å². The van der Waals surface area contributed by atoms with Crippen molar-refractivity contribution in [2.45, 2.75) is 58.7 Å². The highest BCUT2D eigenvalue weighted by atomic mass is 16.3. The number of nitrogens with one attached hydrogen (secondary N) is 4. The van der Waals surface area contributed by atoms with E-state index < -0.39 is 59.5 Å². The second kappa shape index (κ2) is 18.6. The van der Waals surface area contributed by atoms with Crippen LogP contribution >= 0.6 is 0 Å². The van der Waals surface area contributed by atoms with Gasteiger partial charge in [0, 0.05) is 43.0 Å². The third-order valence-electron chi connectivity index (χ3n) is 6.87. The number of aliphatic hydroxyl groups excluding tert-OH is 1. The van der Waals surface area contributed by atoms with Crippen LogP contribution in [-0.4, -0.2) is 94.0 Å². The molecule has 1 aromatic rings. The SMILES string of the molecule is CC(C)C(NC(=O)CCC(CN1C(=O)C=CC1=O)N1C(=O)C=CC1=O)C(=O)NCC(=O)Nc1ccc(CO)cc1.CCCNC(N)=O. The number of rotatable bonds is 15. The van der Waals surface area contributed by atoms with Gasteiger partial charge in [0.1, 0.15) is 6.04 Å². The third kappa shape index (κ3) is 12.1. The fourth-order valence-electron chi connectivity index (χ4n) is 4.40. The molecule has 2 unspecified atom stereocenters. The van der Waals surface area contributed by atoms with E-state index in [1.807, 2.05) is 6.92 Å². The zero-order valence-electron chi connectivity index (χ0n) is 26.5. The first-order chi connectivity index (χ1) is 22.3. The first kappa shape index (κ1) is 37.8. The summed E-state index contributed by atoms with van der Waals surface area (Å²) in [4.78, 5) is 98.0. The highest BCUT2D eigenvalue weighted by Gasteiger charge is 2.36. The van der Waals surface area contributed by atoms with E-state index in [0.29, 0.717) is 17.8 Å². The molecule has 1 aromatic carbocycles. The summed E-state index contributed by atoms with van der Waals surface area (Å²) in [6, 6.07) is 4.14. The minimum Gasteiger partial charge on any atom is -0.392 e. The fraction of sp³-hybridized carbons (Fsp3) is 0.419. The number of imide groups is 2. The van der Waals surface area contributed by atoms with Crippen LogP contribution in [0, 0.1) is 5.92 Å². The Bertz CT molecular complexity index is 1370. The molecular weight excluding hydrogens is 614 g/mol. The molecule has 0 saturated heterocycles. The van der Waals surface area contributed by atoms with Crippen LogP contribution < -0.4 is 27.0 Å². The van der Waals surface area contributed by atoms with Crippen molar-refractivity contribution >= 4 is 53.1 Å². The Morgan fingerprint density at radius 2 is 1.43 bits per heavy atom. The number of hydrogen-bond acceptors (Lipinski definition) is 9. The molecule has 3 rings (SSSR count). The van der Waals surface area contributed by atoms with E-state index in [2.05, 4.69) is 21.3 Å². The van der Waals surface area contributed by atoms with Crippen LogP contribution in [0.3, 0.4) is 0 Å². The minimum atomic E-state index is -0.981. The van der Waals surface area contributed by atoms with Gasteiger partial charge in [0.05, 0.1) is 25.7 Å². The van der Waals surface area contributed by atoms with Crippen molar-refractivity contribution in [2.75, 3.05) is 25.0 Å². The van der Waals surface area contributed by atoms with E-state index >= 15 is 0 Å². The molecule has 16 heteroatoms. The number of urea groups is 1. The average Bonchev–Trinajstić information content (AvgIpc) is 3.54. The summed E-state index contributed by atoms with van der Waals surface area (Å²) in [5.41, 5.74) is 5.89. The number of primary amides is 1. The van der Waals surface area contributed by atoms with Crippen molar-refractivity contribution in [3.8, 4) is 0 Å². The molecule has 0 fully saturated rings. The smallest absolute Gasteiger partial charge is 0.312 e. The molecule has 2 heterocycles. The zero-order valence-corrected chi connectivity index (χ0v) is 26.5. The Morgan fingerprint density at radius 1 is 0.851 bits per heavy atom. The number of carbonyl (C=O) groups excluding carboxylic acids is 8. The number of amides is 9. The first-order valence-corrected chi connectivity index (χ1v) is 15.0. The average molecular weight is 656 g/mol. The fourth-order valence-corrected chi connectivity index (χ4v) is 4.40. The van der Waals surface area contributed by atoms with Crippen LogP contribution in [0.15, 0.2) is 48.6 Å². The second-order valence-corrected chi connectivity index (χ2v) is 10.9. The molecular formula is C31H41N7O9. The number of anilines is 1. The van der Waals surface area contributed by atoms with E-state index in [1.54, 1.807) is 38.1 Å². The lowest BCUT2D eigenvalue weighted by molar-refractivity contribution is -0.145. The van der Waals surface area contributed by atoms with Crippen molar-refractivity contribution in [3.05, 3.63) is 54.1 Å². The summed E-state index contributed by atoms with van der Waals surface area (Å²) in [6.45, 7) is 5.31. The summed E-state index contributed by atoms with van der Waals surface area (Å²) >= 11 is 0. The molecule has 0 bridgehead atoms. The molecule has 9 amide bonds. The normalized spacial score (nSPS) is 14.9. The van der Waals surface area contributed by atoms with Crippen molar-refractivity contribution in [1.29, 1.82) is 0 Å². The number of benzene rings is 1. The van der Waals surface area contributed by atoms with Crippen LogP contribution in [0.1, 0.15) is 45.6 Å². The van der Waals surface area contributed by atoms with Crippen LogP contribution in [0.2, 0.25) is 0 Å². The minimum absolute atomic E-state index is 0.0635. The predicted octanol–water partition coefficient (Wildman–Crippen LogP) is -0.562. The van der Waals surface area contributed by atoms with Crippen molar-refractivity contribution in [3.63, 3.8) is 0 Å². The molecule has 7 N–H and O–H groups in total. The Labute approximate surface area is 271 Å². The molecule has 254 valence electrons. The van der Waals surface area contributed by atoms with Crippen LogP contribution in [-0.2, 0) is 40.2 Å². The van der Waals surface area contributed by atoms with Gasteiger partial charge < -0.3 is 32.1 Å². The molecule has 2 aliphatic heterocycles. The lowest BCUT2D eigenvalue weighted by Crippen LogP contribution is -2.52. The quantitative estimate of drug-likeness (QED) is 0.133. The number of hydrogen-bond donors (Lipinski definition) is 6. The number of nitrogens with zero attached hydrogens (tertiary/aromatic N) is 2. The summed E-state index contributed by atoms with van der Waals surface area (Å²) < 4.78 is 0. The van der Waals surface area contributed by atoms with E-state index in [9.17, 15) is 38.4 Å². The molecule has 47 heavy (non-hydrogen) atoms. The van der Waals surface area contributed by atoms with Gasteiger partial charge in [-0.15, -0.1) is 0 Å². The van der Waals surface area contributed by atoms with E-state index in [4.69, 9.17) is 10.8 Å². The summed E-state index contributed by atoms with van der Waals surface area (Å²) in [7, 11) is 0. The van der Waals surface area contributed by atoms with Gasteiger partial charge in [-0.2, -0.15) is 0 Å². The third-order valence-corrected chi connectivity index (χ3v) is 6.87. The molecule has 0 spiro atoms. The number of aliphatic hydroxyl groups is 1. The van der Waals surface area contributed by atoms with E-state index in [0.717, 1.165) is 40.5 Å². The van der Waals surface area contributed by atoms with E-state index in [1.165, 1.54) is 0 Å². The van der Waals surface area contributed by atoms with Crippen molar-refractivity contribution in [1.82, 2.24) is 25.8 Å². The summed E-state index contributed by atoms with van der Waals surface area (Å²) in [5.74, 6) is -4.39. The summed E-state index contributed by atoms with van der Waals surface area (Å²) in [5, 5.41) is 19.3. The maximum atomic E-state index is 12.8. The monoisotopic (exact) mass is 655 g/mol. The predicted molar refractivity (Wildman–Crippen MR) is 169 cm³/mol. The van der Waals surface area contributed by atoms with Gasteiger partial charge in [-0.05, 0) is 36.5 Å². The second-order valence-electron chi connectivity index (χ2n) is 10.9. The Hall–Kier alpha value is -5.38. The highest BCUT2D eigenvalue weighted by molar-refractivity contribution is 6.14. The van der Waals surface area contributed by atoms with E-state index in [-0.39, 0.29) is 38.5 Å². The standard InChI is InChI=1S/C27H31N5O8.C4H10N2O/c1-16(2)26(27(40)28-13-21(35)29-18-5-3-17(15-33)4-6-18)30-20(34)8-7-19(32-24(38)11-12-25(32)39)14-31-22(36)9-10-23(31)37;1-2-3-6-4(5)7/h3-6,9-12,16,19,26,33H,7-8,13-15H2,1-2H3,(H,28,40)(H,29,35)(H,30,34);2-3H2,1H3,(H3,5,6,7). The molecule has 0 aliphatic carbocycles. The Kier molecular flexibility index (Phi) is 14.9. The van der Waals surface area contributed by atoms with Gasteiger partial charge in [-0.1, -0.05) is 32.9 Å². The number of carbonyl (C=O) groups is 8. The summed E-state index contributed by atoms with van der Waals surface area (Å²) in [6.07, 6.45) is 4.95. The van der Waals surface area contributed by atoms with Gasteiger partial charge in [0.25, 0.3) is 23.6 Å². The molecule has 2 atom stereocenters. The van der Waals surface area contributed by atoms with Crippen LogP contribution in [0.5, 0.6) is 0 Å². The van der Waals surface area contributed by atoms with Gasteiger partial charge in [-0.25, -0.2) is 4.79 Å². The molecule has 0 radical (unpaired) electrons. The lowest BCUT2D eigenvalue weighted by atomic mass is 10.0. The molecule has 16 nitrogen and oxygen atoms in total. The topological polar surface area (TPSA) is 237 Å². The highest BCUT2D eigenvalue weighted by Crippen LogP contribution is 2.18. The maximum Gasteiger partial charge on any atom is 0.312 e. The van der Waals surface area contributed by atoms with Crippen molar-refractivity contribution < 1.29 is 43.5 Å². The van der Waals surface area contributed by atoms with Crippen molar-refractivity contribution in [2.24, 2.45) is 11.7 Å². The largest absolute Gasteiger partial charge is 0.392 e. The molecule has 0 aromatic heterocycles.